The van der Waals surface area contributed by atoms with Crippen LogP contribution in [0.1, 0.15) is 174 Å². The number of rotatable bonds is 38. The van der Waals surface area contributed by atoms with Crippen LogP contribution in [0.3, 0.4) is 0 Å². The molecule has 316 valence electrons. The number of ether oxygens (including phenoxy) is 2. The van der Waals surface area contributed by atoms with E-state index in [1.165, 1.54) is 57.8 Å². The minimum absolute atomic E-state index is 0.175. The molecule has 10 heteroatoms. The number of allylic oxidation sites excluding steroid dienone is 12. The van der Waals surface area contributed by atoms with Gasteiger partial charge in [-0.3, -0.25) is 14.1 Å². The van der Waals surface area contributed by atoms with E-state index >= 15 is 0 Å². The first-order chi connectivity index (χ1) is 26.6. The standard InChI is InChI=1S/C45H77O9P/c1-3-4-5-6-7-8-9-10-11-12-13-14-17-21-24-27-30-33-36-39-45(48)54-43(41-53-55(49,50)51)40-52-44(47)38-35-32-29-26-23-20-18-15-16-19-22-25-28-31-34-37-42(2)46/h7-8,10-11,16,18-20,25-26,28-29,42-43,46H,3-6,9,12-15,17,21-24,27,30-41H2,1-2H3,(H2,49,50,51)/b8-7-,11-10-,19-16-,20-18-,28-25-,29-26-/t42-,43-/m1/s1. The number of unbranched alkanes of at least 4 members (excludes halogenated alkanes) is 14. The first-order valence-corrected chi connectivity index (χ1v) is 22.8. The summed E-state index contributed by atoms with van der Waals surface area (Å²) < 4.78 is 26.3. The van der Waals surface area contributed by atoms with E-state index in [9.17, 15) is 19.3 Å². The van der Waals surface area contributed by atoms with Gasteiger partial charge < -0.3 is 24.4 Å². The monoisotopic (exact) mass is 793 g/mol. The number of esters is 2. The van der Waals surface area contributed by atoms with Crippen LogP contribution in [0, 0.1) is 0 Å². The summed E-state index contributed by atoms with van der Waals surface area (Å²) in [5.74, 6) is -0.976. The third kappa shape index (κ3) is 44.0. The fraction of sp³-hybridized carbons (Fsp3) is 0.689. The third-order valence-electron chi connectivity index (χ3n) is 8.72. The number of phosphoric acid groups is 1. The topological polar surface area (TPSA) is 140 Å². The van der Waals surface area contributed by atoms with Crippen molar-refractivity contribution < 1.29 is 43.0 Å². The summed E-state index contributed by atoms with van der Waals surface area (Å²) in [6.07, 6.45) is 49.0. The van der Waals surface area contributed by atoms with E-state index in [1.807, 2.05) is 19.1 Å². The second-order valence-electron chi connectivity index (χ2n) is 14.2. The van der Waals surface area contributed by atoms with Gasteiger partial charge in [-0.05, 0) is 96.8 Å². The molecule has 0 aromatic carbocycles. The average Bonchev–Trinajstić information content (AvgIpc) is 3.14. The number of carbonyl (C=O) groups excluding carboxylic acids is 2. The van der Waals surface area contributed by atoms with Crippen molar-refractivity contribution in [3.63, 3.8) is 0 Å². The summed E-state index contributed by atoms with van der Waals surface area (Å²) in [5.41, 5.74) is 0. The molecule has 2 atom stereocenters. The van der Waals surface area contributed by atoms with Crippen molar-refractivity contribution in [3.05, 3.63) is 72.9 Å². The van der Waals surface area contributed by atoms with Crippen LogP contribution in [0.25, 0.3) is 0 Å². The minimum Gasteiger partial charge on any atom is -0.462 e. The molecule has 0 aliphatic rings. The van der Waals surface area contributed by atoms with Crippen molar-refractivity contribution in [2.75, 3.05) is 13.2 Å². The first kappa shape index (κ1) is 52.5. The van der Waals surface area contributed by atoms with Crippen LogP contribution < -0.4 is 0 Å². The Labute approximate surface area is 334 Å². The fourth-order valence-electron chi connectivity index (χ4n) is 5.53. The van der Waals surface area contributed by atoms with Gasteiger partial charge in [0.1, 0.15) is 6.61 Å². The molecule has 9 nitrogen and oxygen atoms in total. The molecule has 0 aromatic heterocycles. The zero-order valence-electron chi connectivity index (χ0n) is 34.4. The van der Waals surface area contributed by atoms with Gasteiger partial charge in [-0.15, -0.1) is 0 Å². The highest BCUT2D eigenvalue weighted by Gasteiger charge is 2.22. The predicted octanol–water partition coefficient (Wildman–Crippen LogP) is 12.0. The molecular weight excluding hydrogens is 715 g/mol. The molecule has 0 aliphatic heterocycles. The normalized spacial score (nSPS) is 13.8. The van der Waals surface area contributed by atoms with Crippen LogP contribution in [0.4, 0.5) is 0 Å². The van der Waals surface area contributed by atoms with Gasteiger partial charge in [0.25, 0.3) is 0 Å². The number of aliphatic hydroxyl groups excluding tert-OH is 1. The van der Waals surface area contributed by atoms with Gasteiger partial charge in [0.2, 0.25) is 0 Å². The van der Waals surface area contributed by atoms with E-state index in [4.69, 9.17) is 19.3 Å². The number of hydrogen-bond acceptors (Lipinski definition) is 7. The highest BCUT2D eigenvalue weighted by molar-refractivity contribution is 7.46. The summed E-state index contributed by atoms with van der Waals surface area (Å²) >= 11 is 0. The molecule has 0 radical (unpaired) electrons. The molecule has 0 bridgehead atoms. The lowest BCUT2D eigenvalue weighted by molar-refractivity contribution is -0.161. The summed E-state index contributed by atoms with van der Waals surface area (Å²) in [5, 5.41) is 9.25. The van der Waals surface area contributed by atoms with E-state index in [0.29, 0.717) is 19.3 Å². The van der Waals surface area contributed by atoms with Crippen molar-refractivity contribution in [3.8, 4) is 0 Å². The Morgan fingerprint density at radius 1 is 0.545 bits per heavy atom. The zero-order valence-corrected chi connectivity index (χ0v) is 35.3. The van der Waals surface area contributed by atoms with E-state index in [1.54, 1.807) is 0 Å². The molecule has 0 rings (SSSR count). The van der Waals surface area contributed by atoms with Crippen molar-refractivity contribution in [1.29, 1.82) is 0 Å². The molecule has 0 fully saturated rings. The first-order valence-electron chi connectivity index (χ1n) is 21.3. The minimum atomic E-state index is -4.78. The summed E-state index contributed by atoms with van der Waals surface area (Å²) in [6.45, 7) is 3.16. The van der Waals surface area contributed by atoms with Crippen molar-refractivity contribution in [2.24, 2.45) is 0 Å². The Morgan fingerprint density at radius 2 is 0.964 bits per heavy atom. The lowest BCUT2D eigenvalue weighted by atomic mass is 10.1. The molecule has 0 unspecified atom stereocenters. The van der Waals surface area contributed by atoms with Crippen molar-refractivity contribution in [1.82, 2.24) is 0 Å². The number of carbonyl (C=O) groups is 2. The van der Waals surface area contributed by atoms with E-state index in [-0.39, 0.29) is 25.6 Å². The molecule has 0 spiro atoms. The molecule has 0 saturated heterocycles. The highest BCUT2D eigenvalue weighted by atomic mass is 31.2. The van der Waals surface area contributed by atoms with Crippen LogP contribution in [0.2, 0.25) is 0 Å². The predicted molar refractivity (Wildman–Crippen MR) is 226 cm³/mol. The summed E-state index contributed by atoms with van der Waals surface area (Å²) in [4.78, 5) is 42.8. The zero-order chi connectivity index (χ0) is 40.5. The largest absolute Gasteiger partial charge is 0.469 e. The number of hydrogen-bond donors (Lipinski definition) is 3. The van der Waals surface area contributed by atoms with E-state index in [2.05, 4.69) is 72.2 Å². The van der Waals surface area contributed by atoms with Gasteiger partial charge in [-0.1, -0.05) is 138 Å². The molecule has 3 N–H and O–H groups in total. The molecule has 55 heavy (non-hydrogen) atoms. The van der Waals surface area contributed by atoms with Gasteiger partial charge >= 0.3 is 19.8 Å². The maximum Gasteiger partial charge on any atom is 0.469 e. The maximum absolute atomic E-state index is 12.4. The van der Waals surface area contributed by atoms with Crippen LogP contribution in [-0.4, -0.2) is 52.3 Å². The number of phosphoric ester groups is 1. The Morgan fingerprint density at radius 3 is 1.45 bits per heavy atom. The molecular formula is C45H77O9P. The van der Waals surface area contributed by atoms with Gasteiger partial charge in [-0.25, -0.2) is 4.57 Å². The van der Waals surface area contributed by atoms with Gasteiger partial charge in [0.05, 0.1) is 12.7 Å². The third-order valence-corrected chi connectivity index (χ3v) is 9.20. The lowest BCUT2D eigenvalue weighted by Crippen LogP contribution is -2.29. The Bertz CT molecular complexity index is 1130. The number of aliphatic hydroxyl groups is 1. The Kier molecular flexibility index (Phi) is 37.8. The quantitative estimate of drug-likeness (QED) is 0.0241. The molecule has 0 saturated carbocycles. The maximum atomic E-state index is 12.4. The SMILES string of the molecule is CCCCC/C=C\C/C=C\CCCCCCCCCCCC(=O)O[C@H](COC(=O)CCC/C=C\C/C=C\C/C=C\C/C=C\CCC[C@@H](C)O)COP(=O)(O)O. The van der Waals surface area contributed by atoms with Crippen LogP contribution in [0.5, 0.6) is 0 Å². The average molecular weight is 793 g/mol. The van der Waals surface area contributed by atoms with E-state index in [0.717, 1.165) is 70.6 Å². The highest BCUT2D eigenvalue weighted by Crippen LogP contribution is 2.36. The summed E-state index contributed by atoms with van der Waals surface area (Å²) in [6, 6.07) is 0. The van der Waals surface area contributed by atoms with Crippen LogP contribution in [0.15, 0.2) is 72.9 Å². The molecule has 0 aliphatic carbocycles. The van der Waals surface area contributed by atoms with E-state index < -0.39 is 32.5 Å². The fourth-order valence-corrected chi connectivity index (χ4v) is 5.89. The lowest BCUT2D eigenvalue weighted by Gasteiger charge is -2.18. The molecule has 0 heterocycles. The van der Waals surface area contributed by atoms with Crippen LogP contribution >= 0.6 is 7.82 Å². The second kappa shape index (κ2) is 39.7. The van der Waals surface area contributed by atoms with Crippen molar-refractivity contribution >= 4 is 19.8 Å². The van der Waals surface area contributed by atoms with Gasteiger partial charge in [0, 0.05) is 12.8 Å². The Hall–Kier alpha value is -2.55. The van der Waals surface area contributed by atoms with Gasteiger partial charge in [-0.2, -0.15) is 0 Å². The van der Waals surface area contributed by atoms with Crippen molar-refractivity contribution in [2.45, 2.75) is 187 Å². The van der Waals surface area contributed by atoms with Crippen LogP contribution in [-0.2, 0) is 28.2 Å². The molecule has 0 amide bonds. The van der Waals surface area contributed by atoms with Gasteiger partial charge in [0.15, 0.2) is 6.10 Å². The molecule has 0 aromatic rings. The summed E-state index contributed by atoms with van der Waals surface area (Å²) in [7, 11) is -4.78. The smallest absolute Gasteiger partial charge is 0.462 e. The second-order valence-corrected chi connectivity index (χ2v) is 15.5. The Balaban J connectivity index is 4.02.